The van der Waals surface area contributed by atoms with Crippen molar-refractivity contribution >= 4 is 63.5 Å². The predicted octanol–water partition coefficient (Wildman–Crippen LogP) is 4.29. The standard InChI is InChI=1S/C50H46FN9O9S/c1-69-39-15-12-31(51)25-35(39)43(46(65)57-50-53-20-23-70-50)59-27-30-11-9-28(24-34(30)47(59)66)7-8-29-10-13-37(54-26-29)44(63)55-32-17-21-58(22-18-32)41(62)6-3-19-52-36-5-2-4-33-42(36)49(68)60(48(33)67)38-14-16-40(61)56-45(38)64/h2,4-5,9-13,15,20,23-26,32,38,43-44,52,55,63H,3,6,14,16-19,21-22,27H2,1H3,(H,53,57,65)(H,56,61,64). The number of nitrogens with zero attached hydrogens (tertiary/aromatic N) is 5. The number of aliphatic hydroxyl groups excluding tert-OH is 1. The maximum Gasteiger partial charge on any atom is 0.264 e. The molecule has 2 aromatic heterocycles. The van der Waals surface area contributed by atoms with Gasteiger partial charge < -0.3 is 25.0 Å². The molecule has 3 atom stereocenters. The van der Waals surface area contributed by atoms with E-state index in [2.05, 4.69) is 43.1 Å². The molecule has 0 radical (unpaired) electrons. The first-order chi connectivity index (χ1) is 33.9. The number of fused-ring (bicyclic) bond motifs is 2. The number of rotatable bonds is 14. The van der Waals surface area contributed by atoms with Crippen molar-refractivity contribution in [2.45, 2.75) is 69.4 Å². The van der Waals surface area contributed by atoms with Crippen molar-refractivity contribution in [3.8, 4) is 17.6 Å². The van der Waals surface area contributed by atoms with Gasteiger partial charge in [-0.2, -0.15) is 0 Å². The smallest absolute Gasteiger partial charge is 0.264 e. The molecule has 5 aromatic rings. The normalized spacial score (nSPS) is 17.6. The Labute approximate surface area is 404 Å². The van der Waals surface area contributed by atoms with Crippen molar-refractivity contribution in [3.05, 3.63) is 135 Å². The van der Waals surface area contributed by atoms with Crippen LogP contribution < -0.4 is 26.0 Å². The van der Waals surface area contributed by atoms with E-state index in [4.69, 9.17) is 4.74 Å². The maximum absolute atomic E-state index is 14.6. The lowest BCUT2D eigenvalue weighted by Crippen LogP contribution is -2.54. The van der Waals surface area contributed by atoms with Crippen LogP contribution in [0.15, 0.2) is 84.5 Å². The number of thiazole rings is 1. The summed E-state index contributed by atoms with van der Waals surface area (Å²) in [7, 11) is 1.41. The Morgan fingerprint density at radius 3 is 2.49 bits per heavy atom. The van der Waals surface area contributed by atoms with E-state index in [1.807, 2.05) is 0 Å². The molecule has 20 heteroatoms. The molecular formula is C50H46FN9O9S. The van der Waals surface area contributed by atoms with Crippen molar-refractivity contribution in [3.63, 3.8) is 0 Å². The Hall–Kier alpha value is -7.86. The summed E-state index contributed by atoms with van der Waals surface area (Å²) in [5.41, 5.74) is 3.48. The molecule has 358 valence electrons. The summed E-state index contributed by atoms with van der Waals surface area (Å²) in [5.74, 6) is 2.42. The van der Waals surface area contributed by atoms with Gasteiger partial charge in [-0.1, -0.05) is 24.0 Å². The first-order valence-corrected chi connectivity index (χ1v) is 23.5. The van der Waals surface area contributed by atoms with Crippen LogP contribution in [-0.4, -0.2) is 110 Å². The second-order valence-electron chi connectivity index (χ2n) is 17.1. The number of aliphatic hydroxyl groups is 1. The van der Waals surface area contributed by atoms with Crippen molar-refractivity contribution in [2.75, 3.05) is 37.4 Å². The van der Waals surface area contributed by atoms with Crippen molar-refractivity contribution in [1.82, 2.24) is 35.3 Å². The number of ether oxygens (including phenoxy) is 1. The van der Waals surface area contributed by atoms with Crippen LogP contribution in [0.25, 0.3) is 0 Å². The molecule has 4 aliphatic heterocycles. The van der Waals surface area contributed by atoms with Gasteiger partial charge in [0.1, 0.15) is 29.9 Å². The zero-order valence-electron chi connectivity index (χ0n) is 37.7. The molecule has 3 aromatic carbocycles. The van der Waals surface area contributed by atoms with Gasteiger partial charge in [0.15, 0.2) is 5.13 Å². The number of nitrogens with one attached hydrogen (secondary N) is 4. The minimum absolute atomic E-state index is 0.0239. The van der Waals surface area contributed by atoms with E-state index < -0.39 is 59.6 Å². The lowest BCUT2D eigenvalue weighted by molar-refractivity contribution is -0.136. The summed E-state index contributed by atoms with van der Waals surface area (Å²) in [6.07, 6.45) is 4.04. The molecule has 18 nitrogen and oxygen atoms in total. The molecule has 6 heterocycles. The summed E-state index contributed by atoms with van der Waals surface area (Å²) in [6, 6.07) is 14.9. The Bertz CT molecular complexity index is 2970. The largest absolute Gasteiger partial charge is 0.496 e. The molecule has 9 rings (SSSR count). The zero-order chi connectivity index (χ0) is 49.1. The zero-order valence-corrected chi connectivity index (χ0v) is 38.5. The Morgan fingerprint density at radius 2 is 1.74 bits per heavy atom. The first kappa shape index (κ1) is 47.2. The average Bonchev–Trinajstić information content (AvgIpc) is 4.06. The fraction of sp³-hybridized carbons (Fsp3) is 0.300. The fourth-order valence-electron chi connectivity index (χ4n) is 9.11. The van der Waals surface area contributed by atoms with E-state index in [-0.39, 0.29) is 60.2 Å². The van der Waals surface area contributed by atoms with Crippen LogP contribution in [-0.2, 0) is 25.7 Å². The predicted molar refractivity (Wildman–Crippen MR) is 252 cm³/mol. The van der Waals surface area contributed by atoms with Gasteiger partial charge in [-0.05, 0) is 85.8 Å². The van der Waals surface area contributed by atoms with Crippen molar-refractivity contribution < 1.29 is 47.8 Å². The quantitative estimate of drug-likeness (QED) is 0.0453. The second-order valence-corrected chi connectivity index (χ2v) is 18.0. The van der Waals surface area contributed by atoms with Gasteiger partial charge in [0, 0.05) is 90.8 Å². The highest BCUT2D eigenvalue weighted by Gasteiger charge is 2.46. The van der Waals surface area contributed by atoms with Crippen molar-refractivity contribution in [2.24, 2.45) is 0 Å². The van der Waals surface area contributed by atoms with Crippen LogP contribution in [0.5, 0.6) is 5.75 Å². The molecule has 2 fully saturated rings. The number of likely N-dealkylation sites (tertiary alicyclic amines) is 1. The van der Waals surface area contributed by atoms with E-state index in [9.17, 15) is 43.1 Å². The van der Waals surface area contributed by atoms with Crippen LogP contribution in [0.3, 0.4) is 0 Å². The van der Waals surface area contributed by atoms with Gasteiger partial charge in [-0.15, -0.1) is 11.3 Å². The number of imide groups is 2. The molecule has 0 spiro atoms. The third kappa shape index (κ3) is 9.85. The highest BCUT2D eigenvalue weighted by atomic mass is 32.1. The van der Waals surface area contributed by atoms with E-state index in [1.165, 1.54) is 53.8 Å². The molecule has 0 bridgehead atoms. The molecule has 5 N–H and O–H groups in total. The molecule has 0 aliphatic carbocycles. The van der Waals surface area contributed by atoms with E-state index in [1.54, 1.807) is 58.9 Å². The number of hydrogen-bond acceptors (Lipinski definition) is 14. The monoisotopic (exact) mass is 967 g/mol. The molecule has 2 saturated heterocycles. The van der Waals surface area contributed by atoms with E-state index >= 15 is 0 Å². The van der Waals surface area contributed by atoms with E-state index in [0.29, 0.717) is 77.7 Å². The van der Waals surface area contributed by atoms with Gasteiger partial charge in [-0.3, -0.25) is 59.4 Å². The summed E-state index contributed by atoms with van der Waals surface area (Å²) < 4.78 is 20.1. The van der Waals surface area contributed by atoms with Crippen LogP contribution in [0.2, 0.25) is 0 Å². The van der Waals surface area contributed by atoms with Gasteiger partial charge >= 0.3 is 0 Å². The lowest BCUT2D eigenvalue weighted by Gasteiger charge is -2.33. The minimum atomic E-state index is -1.23. The molecule has 0 saturated carbocycles. The molecule has 7 amide bonds. The number of aromatic nitrogens is 2. The van der Waals surface area contributed by atoms with Crippen LogP contribution in [0.4, 0.5) is 15.2 Å². The molecule has 3 unspecified atom stereocenters. The number of piperidine rings is 2. The molecule has 70 heavy (non-hydrogen) atoms. The highest BCUT2D eigenvalue weighted by molar-refractivity contribution is 7.13. The SMILES string of the molecule is COc1ccc(F)cc1C(C(=O)Nc1nccs1)N1Cc2ccc(C#Cc3ccc(C(O)NC4CCN(C(=O)CCCNc5cccc6c5C(=O)N(C5CCC(=O)NC5=O)C6=O)CC4)nc3)cc2C1=O. The fourth-order valence-corrected chi connectivity index (χ4v) is 9.64. The maximum atomic E-state index is 14.6. The Balaban J connectivity index is 0.742. The average molecular weight is 968 g/mol. The van der Waals surface area contributed by atoms with Gasteiger partial charge in [-0.25, -0.2) is 9.37 Å². The third-order valence-corrected chi connectivity index (χ3v) is 13.3. The lowest BCUT2D eigenvalue weighted by atomic mass is 10.0. The molecular weight excluding hydrogens is 922 g/mol. The number of anilines is 2. The number of pyridine rings is 1. The number of carbonyl (C=O) groups excluding carboxylic acids is 7. The van der Waals surface area contributed by atoms with Crippen LogP contribution >= 0.6 is 11.3 Å². The number of benzene rings is 3. The summed E-state index contributed by atoms with van der Waals surface area (Å²) >= 11 is 1.21. The Kier molecular flexibility index (Phi) is 13.8. The summed E-state index contributed by atoms with van der Waals surface area (Å²) in [4.78, 5) is 104. The number of halogens is 1. The summed E-state index contributed by atoms with van der Waals surface area (Å²) in [6.45, 7) is 1.43. The van der Waals surface area contributed by atoms with Crippen LogP contribution in [0, 0.1) is 17.7 Å². The minimum Gasteiger partial charge on any atom is -0.496 e. The third-order valence-electron chi connectivity index (χ3n) is 12.7. The van der Waals surface area contributed by atoms with Crippen molar-refractivity contribution in [1.29, 1.82) is 0 Å². The highest BCUT2D eigenvalue weighted by Crippen LogP contribution is 2.38. The van der Waals surface area contributed by atoms with Crippen LogP contribution in [0.1, 0.15) is 110 Å². The second kappa shape index (κ2) is 20.4. The first-order valence-electron chi connectivity index (χ1n) is 22.6. The summed E-state index contributed by atoms with van der Waals surface area (Å²) in [5, 5.41) is 24.3. The van der Waals surface area contributed by atoms with E-state index in [0.717, 1.165) is 4.90 Å². The topological polar surface area (TPSA) is 233 Å². The Morgan fingerprint density at radius 1 is 0.943 bits per heavy atom. The number of carbonyl (C=O) groups is 7. The van der Waals surface area contributed by atoms with Gasteiger partial charge in [0.05, 0.1) is 23.9 Å². The number of hydrogen-bond donors (Lipinski definition) is 5. The number of amides is 7. The van der Waals surface area contributed by atoms with Gasteiger partial charge in [0.25, 0.3) is 23.6 Å². The number of methoxy groups -OCH3 is 1. The van der Waals surface area contributed by atoms with Gasteiger partial charge in [0.2, 0.25) is 17.7 Å². The molecule has 4 aliphatic rings.